The van der Waals surface area contributed by atoms with Crippen LogP contribution in [-0.2, 0) is 19.7 Å². The number of likely N-dealkylation sites (tertiary alicyclic amines) is 1. The molecule has 5 nitrogen and oxygen atoms in total. The Morgan fingerprint density at radius 3 is 2.61 bits per heavy atom. The molecule has 2 aliphatic rings. The molecule has 0 aliphatic carbocycles. The van der Waals surface area contributed by atoms with E-state index in [0.717, 1.165) is 11.1 Å². The molecule has 28 heavy (non-hydrogen) atoms. The van der Waals surface area contributed by atoms with Crippen LogP contribution in [0.15, 0.2) is 42.5 Å². The fourth-order valence-electron chi connectivity index (χ4n) is 4.57. The molecular formula is C21H20Cl2N2O3. The Morgan fingerprint density at radius 1 is 1.14 bits per heavy atom. The van der Waals surface area contributed by atoms with Gasteiger partial charge in [0.05, 0.1) is 12.5 Å². The largest absolute Gasteiger partial charge is 0.379 e. The van der Waals surface area contributed by atoms with Gasteiger partial charge in [-0.1, -0.05) is 41.4 Å². The summed E-state index contributed by atoms with van der Waals surface area (Å²) in [5.41, 5.74) is 1.26. The van der Waals surface area contributed by atoms with Crippen molar-refractivity contribution in [2.45, 2.75) is 23.9 Å². The van der Waals surface area contributed by atoms with Gasteiger partial charge in [0.2, 0.25) is 11.8 Å². The van der Waals surface area contributed by atoms with E-state index in [9.17, 15) is 9.59 Å². The van der Waals surface area contributed by atoms with Crippen LogP contribution in [0.3, 0.4) is 0 Å². The smallest absolute Gasteiger partial charge is 0.238 e. The Balaban J connectivity index is 2.01. The number of anilines is 1. The van der Waals surface area contributed by atoms with E-state index in [1.165, 1.54) is 0 Å². The zero-order valence-electron chi connectivity index (χ0n) is 15.5. The highest BCUT2D eigenvalue weighted by Gasteiger charge is 2.60. The number of fused-ring (bicyclic) bond motifs is 2. The maximum Gasteiger partial charge on any atom is 0.238 e. The number of likely N-dealkylation sites (N-methyl/N-ethyl adjacent to an activating group) is 1. The minimum absolute atomic E-state index is 0.0639. The van der Waals surface area contributed by atoms with Gasteiger partial charge in [-0.3, -0.25) is 9.59 Å². The zero-order valence-corrected chi connectivity index (χ0v) is 17.1. The quantitative estimate of drug-likeness (QED) is 0.805. The predicted octanol–water partition coefficient (Wildman–Crippen LogP) is 3.84. The average Bonchev–Trinajstić information content (AvgIpc) is 2.88. The number of carbonyl (C=O) groups is 2. The van der Waals surface area contributed by atoms with Crippen molar-refractivity contribution in [3.05, 3.63) is 63.6 Å². The van der Waals surface area contributed by atoms with Crippen LogP contribution in [0.4, 0.5) is 5.69 Å². The van der Waals surface area contributed by atoms with Crippen molar-refractivity contribution < 1.29 is 14.3 Å². The molecule has 2 aromatic rings. The molecule has 0 radical (unpaired) electrons. The van der Waals surface area contributed by atoms with Gasteiger partial charge in [0.25, 0.3) is 0 Å². The Kier molecular flexibility index (Phi) is 4.86. The van der Waals surface area contributed by atoms with Gasteiger partial charge in [0.1, 0.15) is 5.41 Å². The molecule has 7 heteroatoms. The summed E-state index contributed by atoms with van der Waals surface area (Å²) in [7, 11) is 3.29. The van der Waals surface area contributed by atoms with Crippen LogP contribution in [0.25, 0.3) is 0 Å². The molecular weight excluding hydrogens is 399 g/mol. The highest BCUT2D eigenvalue weighted by atomic mass is 35.5. The van der Waals surface area contributed by atoms with E-state index in [4.69, 9.17) is 27.9 Å². The summed E-state index contributed by atoms with van der Waals surface area (Å²) in [5.74, 6) is -0.592. The van der Waals surface area contributed by atoms with Crippen LogP contribution in [0.2, 0.25) is 10.0 Å². The summed E-state index contributed by atoms with van der Waals surface area (Å²) in [4.78, 5) is 27.9. The van der Waals surface area contributed by atoms with Gasteiger partial charge in [0.15, 0.2) is 0 Å². The van der Waals surface area contributed by atoms with Gasteiger partial charge in [-0.25, -0.2) is 0 Å². The lowest BCUT2D eigenvalue weighted by Gasteiger charge is -2.39. The second kappa shape index (κ2) is 7.07. The summed E-state index contributed by atoms with van der Waals surface area (Å²) in [6.07, 6.45) is -0.518. The first-order valence-electron chi connectivity index (χ1n) is 9.01. The van der Waals surface area contributed by atoms with E-state index in [0.29, 0.717) is 22.3 Å². The zero-order chi connectivity index (χ0) is 20.1. The highest BCUT2D eigenvalue weighted by molar-refractivity contribution is 6.31. The number of nitrogens with one attached hydrogen (secondary N) is 1. The highest BCUT2D eigenvalue weighted by Crippen LogP contribution is 2.53. The Bertz CT molecular complexity index is 964. The lowest BCUT2D eigenvalue weighted by atomic mass is 9.64. The Hall–Kier alpha value is -2.08. The van der Waals surface area contributed by atoms with Crippen molar-refractivity contribution in [2.75, 3.05) is 26.0 Å². The van der Waals surface area contributed by atoms with Crippen LogP contribution in [0.5, 0.6) is 0 Å². The number of carbonyl (C=O) groups excluding carboxylic acids is 2. The standard InChI is InChI=1S/C21H20Cl2N2O3/c1-25-11-16(12-4-3-5-13(22)8-12)21(18(28-2)10-19(25)26)15-7-6-14(23)9-17(15)24-20(21)27/h3-9,16,18H,10-11H2,1-2H3,(H,24,27)/t16-,18-,21-/m0/s1. The fraction of sp³-hybridized carbons (Fsp3) is 0.333. The van der Waals surface area contributed by atoms with Crippen LogP contribution in [0.1, 0.15) is 23.5 Å². The molecule has 3 atom stereocenters. The molecule has 0 saturated carbocycles. The van der Waals surface area contributed by atoms with E-state index in [2.05, 4.69) is 5.32 Å². The minimum Gasteiger partial charge on any atom is -0.379 e. The maximum absolute atomic E-state index is 13.5. The van der Waals surface area contributed by atoms with Gasteiger partial charge < -0.3 is 15.0 Å². The molecule has 0 bridgehead atoms. The fourth-order valence-corrected chi connectivity index (χ4v) is 4.95. The lowest BCUT2D eigenvalue weighted by molar-refractivity contribution is -0.132. The first-order chi connectivity index (χ1) is 13.4. The van der Waals surface area contributed by atoms with Gasteiger partial charge in [0, 0.05) is 42.4 Å². The molecule has 2 amide bonds. The van der Waals surface area contributed by atoms with Crippen molar-refractivity contribution in [3.63, 3.8) is 0 Å². The number of methoxy groups -OCH3 is 1. The van der Waals surface area contributed by atoms with Crippen molar-refractivity contribution >= 4 is 40.7 Å². The van der Waals surface area contributed by atoms with Gasteiger partial charge >= 0.3 is 0 Å². The third-order valence-corrected chi connectivity index (χ3v) is 6.36. The molecule has 2 aromatic carbocycles. The van der Waals surface area contributed by atoms with Crippen molar-refractivity contribution in [2.24, 2.45) is 0 Å². The predicted molar refractivity (Wildman–Crippen MR) is 109 cm³/mol. The van der Waals surface area contributed by atoms with Crippen molar-refractivity contribution in [1.82, 2.24) is 4.90 Å². The summed E-state index contributed by atoms with van der Waals surface area (Å²) in [6.45, 7) is 0.370. The number of amides is 2. The molecule has 1 saturated heterocycles. The molecule has 2 aliphatic heterocycles. The second-order valence-corrected chi connectivity index (χ2v) is 8.20. The van der Waals surface area contributed by atoms with Crippen molar-refractivity contribution in [3.8, 4) is 0 Å². The van der Waals surface area contributed by atoms with Crippen LogP contribution in [-0.4, -0.2) is 43.5 Å². The van der Waals surface area contributed by atoms with Gasteiger partial charge in [-0.15, -0.1) is 0 Å². The third-order valence-electron chi connectivity index (χ3n) is 5.89. The van der Waals surface area contributed by atoms with Crippen LogP contribution < -0.4 is 5.32 Å². The number of hydrogen-bond acceptors (Lipinski definition) is 3. The second-order valence-electron chi connectivity index (χ2n) is 7.32. The summed E-state index contributed by atoms with van der Waals surface area (Å²) in [6, 6.07) is 12.8. The maximum atomic E-state index is 13.5. The van der Waals surface area contributed by atoms with Gasteiger partial charge in [-0.2, -0.15) is 0 Å². The Morgan fingerprint density at radius 2 is 1.89 bits per heavy atom. The lowest BCUT2D eigenvalue weighted by Crippen LogP contribution is -2.51. The molecule has 146 valence electrons. The molecule has 0 unspecified atom stereocenters. The molecule has 1 N–H and O–H groups in total. The minimum atomic E-state index is -1.07. The van der Waals surface area contributed by atoms with Crippen molar-refractivity contribution in [1.29, 1.82) is 0 Å². The van der Waals surface area contributed by atoms with Crippen LogP contribution in [0, 0.1) is 0 Å². The SMILES string of the molecule is CO[C@H]1CC(=O)N(C)C[C@@H](c2cccc(Cl)c2)[C@]12C(=O)Nc1cc(Cl)ccc12. The number of nitrogens with zero attached hydrogens (tertiary/aromatic N) is 1. The summed E-state index contributed by atoms with van der Waals surface area (Å²) in [5, 5.41) is 4.08. The number of ether oxygens (including phenoxy) is 1. The number of halogens is 2. The molecule has 4 rings (SSSR count). The third kappa shape index (κ3) is 2.81. The molecule has 1 fully saturated rings. The monoisotopic (exact) mass is 418 g/mol. The van der Waals surface area contributed by atoms with E-state index in [1.807, 2.05) is 24.3 Å². The first-order valence-corrected chi connectivity index (χ1v) is 9.77. The first kappa shape index (κ1) is 19.2. The average molecular weight is 419 g/mol. The molecule has 2 heterocycles. The van der Waals surface area contributed by atoms with E-state index < -0.39 is 11.5 Å². The van der Waals surface area contributed by atoms with E-state index in [-0.39, 0.29) is 24.2 Å². The van der Waals surface area contributed by atoms with E-state index >= 15 is 0 Å². The summed E-state index contributed by atoms with van der Waals surface area (Å²) < 4.78 is 5.79. The topological polar surface area (TPSA) is 58.6 Å². The van der Waals surface area contributed by atoms with Gasteiger partial charge in [-0.05, 0) is 35.4 Å². The number of hydrogen-bond donors (Lipinski definition) is 1. The molecule has 0 aromatic heterocycles. The number of rotatable bonds is 2. The number of benzene rings is 2. The summed E-state index contributed by atoms with van der Waals surface area (Å²) >= 11 is 12.4. The van der Waals surface area contributed by atoms with E-state index in [1.54, 1.807) is 37.3 Å². The Labute approximate surface area is 173 Å². The molecule has 1 spiro atoms. The normalized spacial score (nSPS) is 26.9. The van der Waals surface area contributed by atoms with Crippen LogP contribution >= 0.6 is 23.2 Å².